The summed E-state index contributed by atoms with van der Waals surface area (Å²) in [5, 5.41) is 13.5. The van der Waals surface area contributed by atoms with Crippen LogP contribution in [0.1, 0.15) is 96.5 Å². The first kappa shape index (κ1) is 32.0. The van der Waals surface area contributed by atoms with Gasteiger partial charge in [0.1, 0.15) is 18.2 Å². The van der Waals surface area contributed by atoms with Crippen LogP contribution in [0.25, 0.3) is 33.5 Å². The standard InChI is InChI=1S/C40H40ClN3O4/c41-31-17-11-26(12-18-31)35-21-15-28(39(45)42-32-7-3-1-4-8-32)23-30(35)25-48-34-19-13-27(14-20-34)38-43-36-24-29(40(46)47)16-22-37(36)44(38)33-9-5-2-6-10-33/h11-24,32-33H,1-10,25H2,(H,42,45)(H,46,47). The number of fused-ring (bicyclic) bond motifs is 1. The maximum Gasteiger partial charge on any atom is 0.335 e. The van der Waals surface area contributed by atoms with Gasteiger partial charge in [-0.05, 0) is 109 Å². The Labute approximate surface area is 285 Å². The third-order valence-electron chi connectivity index (χ3n) is 9.85. The summed E-state index contributed by atoms with van der Waals surface area (Å²) in [5.41, 5.74) is 6.36. The number of carboxylic acid groups (broad SMARTS) is 1. The summed E-state index contributed by atoms with van der Waals surface area (Å²) in [6.45, 7) is 0.278. The van der Waals surface area contributed by atoms with Gasteiger partial charge in [-0.25, -0.2) is 9.78 Å². The Morgan fingerprint density at radius 3 is 2.17 bits per heavy atom. The first-order chi connectivity index (χ1) is 23.4. The highest BCUT2D eigenvalue weighted by atomic mass is 35.5. The molecule has 0 unspecified atom stereocenters. The number of hydrogen-bond donors (Lipinski definition) is 2. The van der Waals surface area contributed by atoms with E-state index in [0.29, 0.717) is 27.9 Å². The Morgan fingerprint density at radius 1 is 0.792 bits per heavy atom. The number of nitrogens with zero attached hydrogens (tertiary/aromatic N) is 2. The number of hydrogen-bond acceptors (Lipinski definition) is 4. The summed E-state index contributed by atoms with van der Waals surface area (Å²) in [6.07, 6.45) is 11.3. The van der Waals surface area contributed by atoms with Crippen LogP contribution in [0, 0.1) is 0 Å². The topological polar surface area (TPSA) is 93.5 Å². The van der Waals surface area contributed by atoms with Crippen LogP contribution in [-0.4, -0.2) is 32.6 Å². The van der Waals surface area contributed by atoms with Crippen molar-refractivity contribution in [1.82, 2.24) is 14.9 Å². The van der Waals surface area contributed by atoms with Gasteiger partial charge in [-0.3, -0.25) is 4.79 Å². The number of aromatic carboxylic acids is 1. The van der Waals surface area contributed by atoms with Crippen molar-refractivity contribution in [3.63, 3.8) is 0 Å². The largest absolute Gasteiger partial charge is 0.489 e. The Bertz CT molecular complexity index is 1920. The molecule has 2 fully saturated rings. The second kappa shape index (κ2) is 14.2. The van der Waals surface area contributed by atoms with Crippen LogP contribution in [0.2, 0.25) is 5.02 Å². The molecule has 1 amide bonds. The van der Waals surface area contributed by atoms with Gasteiger partial charge in [0, 0.05) is 28.2 Å². The molecule has 2 saturated carbocycles. The van der Waals surface area contributed by atoms with Gasteiger partial charge in [-0.2, -0.15) is 0 Å². The zero-order chi connectivity index (χ0) is 33.0. The molecule has 1 aromatic heterocycles. The lowest BCUT2D eigenvalue weighted by molar-refractivity contribution is 0.0696. The van der Waals surface area contributed by atoms with Crippen LogP contribution in [0.3, 0.4) is 0 Å². The second-order valence-electron chi connectivity index (χ2n) is 13.1. The van der Waals surface area contributed by atoms with E-state index in [0.717, 1.165) is 72.1 Å². The summed E-state index contributed by atoms with van der Waals surface area (Å²) in [6, 6.07) is 27.2. The molecule has 0 bridgehead atoms. The van der Waals surface area contributed by atoms with Gasteiger partial charge in [-0.1, -0.05) is 68.3 Å². The first-order valence-corrected chi connectivity index (χ1v) is 17.5. The molecule has 0 aliphatic heterocycles. The number of halogens is 1. The van der Waals surface area contributed by atoms with Crippen molar-refractivity contribution in [2.75, 3.05) is 0 Å². The zero-order valence-electron chi connectivity index (χ0n) is 27.0. The first-order valence-electron chi connectivity index (χ1n) is 17.1. The van der Waals surface area contributed by atoms with Crippen molar-refractivity contribution in [1.29, 1.82) is 0 Å². The number of carboxylic acids is 1. The van der Waals surface area contributed by atoms with E-state index >= 15 is 0 Å². The fourth-order valence-electron chi connectivity index (χ4n) is 7.29. The van der Waals surface area contributed by atoms with Crippen molar-refractivity contribution < 1.29 is 19.4 Å². The molecule has 7 rings (SSSR count). The maximum absolute atomic E-state index is 13.3. The molecule has 7 nitrogen and oxygen atoms in total. The minimum atomic E-state index is -0.957. The van der Waals surface area contributed by atoms with Crippen molar-refractivity contribution in [3.8, 4) is 28.3 Å². The molecule has 2 aliphatic rings. The van der Waals surface area contributed by atoms with E-state index in [4.69, 9.17) is 21.3 Å². The molecule has 48 heavy (non-hydrogen) atoms. The van der Waals surface area contributed by atoms with E-state index in [1.54, 1.807) is 12.1 Å². The summed E-state index contributed by atoms with van der Waals surface area (Å²) in [4.78, 5) is 29.9. The Morgan fingerprint density at radius 2 is 1.46 bits per heavy atom. The van der Waals surface area contributed by atoms with Gasteiger partial charge >= 0.3 is 5.97 Å². The monoisotopic (exact) mass is 661 g/mol. The fraction of sp³-hybridized carbons (Fsp3) is 0.325. The molecule has 5 aromatic rings. The number of carbonyl (C=O) groups is 2. The third-order valence-corrected chi connectivity index (χ3v) is 10.1. The lowest BCUT2D eigenvalue weighted by atomic mass is 9.94. The Balaban J connectivity index is 1.15. The van der Waals surface area contributed by atoms with Gasteiger partial charge in [0.25, 0.3) is 5.91 Å². The highest BCUT2D eigenvalue weighted by Crippen LogP contribution is 2.37. The molecule has 2 aliphatic carbocycles. The lowest BCUT2D eigenvalue weighted by Crippen LogP contribution is -2.36. The quantitative estimate of drug-likeness (QED) is 0.164. The average Bonchev–Trinajstić information content (AvgIpc) is 3.51. The molecule has 246 valence electrons. The fourth-order valence-corrected chi connectivity index (χ4v) is 7.41. The molecule has 2 N–H and O–H groups in total. The number of imidazole rings is 1. The smallest absolute Gasteiger partial charge is 0.335 e. The van der Waals surface area contributed by atoms with Gasteiger partial charge in [0.05, 0.1) is 16.6 Å². The van der Waals surface area contributed by atoms with Crippen molar-refractivity contribution >= 4 is 34.5 Å². The van der Waals surface area contributed by atoms with E-state index in [1.165, 1.54) is 25.7 Å². The van der Waals surface area contributed by atoms with E-state index in [2.05, 4.69) is 9.88 Å². The molecule has 1 heterocycles. The number of ether oxygens (including phenoxy) is 1. The zero-order valence-corrected chi connectivity index (χ0v) is 27.7. The molecular weight excluding hydrogens is 622 g/mol. The maximum atomic E-state index is 13.3. The Hall–Kier alpha value is -4.62. The number of benzene rings is 4. The van der Waals surface area contributed by atoms with Crippen LogP contribution in [0.15, 0.2) is 84.9 Å². The summed E-state index contributed by atoms with van der Waals surface area (Å²) in [7, 11) is 0. The summed E-state index contributed by atoms with van der Waals surface area (Å²) >= 11 is 6.19. The van der Waals surface area contributed by atoms with Crippen LogP contribution in [0.4, 0.5) is 0 Å². The van der Waals surface area contributed by atoms with Crippen LogP contribution >= 0.6 is 11.6 Å². The van der Waals surface area contributed by atoms with Gasteiger partial charge < -0.3 is 19.7 Å². The molecule has 0 radical (unpaired) electrons. The van der Waals surface area contributed by atoms with Crippen molar-refractivity contribution in [3.05, 3.63) is 107 Å². The predicted octanol–water partition coefficient (Wildman–Crippen LogP) is 9.87. The molecule has 4 aromatic carbocycles. The molecule has 0 atom stereocenters. The molecule has 0 saturated heterocycles. The van der Waals surface area contributed by atoms with Crippen LogP contribution in [0.5, 0.6) is 5.75 Å². The molecule has 0 spiro atoms. The van der Waals surface area contributed by atoms with E-state index in [1.807, 2.05) is 72.8 Å². The second-order valence-corrected chi connectivity index (χ2v) is 13.5. The van der Waals surface area contributed by atoms with E-state index in [9.17, 15) is 14.7 Å². The highest BCUT2D eigenvalue weighted by Gasteiger charge is 2.23. The number of nitrogens with one attached hydrogen (secondary N) is 1. The van der Waals surface area contributed by atoms with Gasteiger partial charge in [-0.15, -0.1) is 0 Å². The minimum Gasteiger partial charge on any atom is -0.489 e. The van der Waals surface area contributed by atoms with Gasteiger partial charge in [0.15, 0.2) is 0 Å². The Kier molecular flexibility index (Phi) is 9.48. The lowest BCUT2D eigenvalue weighted by Gasteiger charge is -2.25. The summed E-state index contributed by atoms with van der Waals surface area (Å²) in [5.74, 6) is 0.535. The van der Waals surface area contributed by atoms with Gasteiger partial charge in [0.2, 0.25) is 0 Å². The minimum absolute atomic E-state index is 0.0495. The number of aromatic nitrogens is 2. The van der Waals surface area contributed by atoms with E-state index < -0.39 is 5.97 Å². The average molecular weight is 662 g/mol. The van der Waals surface area contributed by atoms with Crippen LogP contribution in [-0.2, 0) is 6.61 Å². The molecular formula is C40H40ClN3O4. The van der Waals surface area contributed by atoms with Crippen molar-refractivity contribution in [2.24, 2.45) is 0 Å². The normalized spacial score (nSPS) is 15.8. The highest BCUT2D eigenvalue weighted by molar-refractivity contribution is 6.30. The number of carbonyl (C=O) groups excluding carboxylic acids is 1. The third kappa shape index (κ3) is 6.97. The van der Waals surface area contributed by atoms with Crippen LogP contribution < -0.4 is 10.1 Å². The van der Waals surface area contributed by atoms with Crippen molar-refractivity contribution in [2.45, 2.75) is 82.9 Å². The number of rotatable bonds is 9. The van der Waals surface area contributed by atoms with E-state index in [-0.39, 0.29) is 24.1 Å². The SMILES string of the molecule is O=C(O)c1ccc2c(c1)nc(-c1ccc(OCc3cc(C(=O)NC4CCCCC4)ccc3-c3ccc(Cl)cc3)cc1)n2C1CCCCC1. The number of amides is 1. The predicted molar refractivity (Wildman–Crippen MR) is 190 cm³/mol. The molecule has 8 heteroatoms. The summed E-state index contributed by atoms with van der Waals surface area (Å²) < 4.78 is 8.65.